The monoisotopic (exact) mass is 321 g/mol. The van der Waals surface area contributed by atoms with Crippen molar-refractivity contribution in [1.82, 2.24) is 4.90 Å². The second kappa shape index (κ2) is 6.57. The van der Waals surface area contributed by atoms with Crippen molar-refractivity contribution in [3.05, 3.63) is 35.9 Å². The van der Waals surface area contributed by atoms with Crippen LogP contribution in [0, 0.1) is 5.92 Å². The van der Waals surface area contributed by atoms with E-state index >= 15 is 0 Å². The van der Waals surface area contributed by atoms with Gasteiger partial charge in [-0.2, -0.15) is 0 Å². The molecule has 6 heteroatoms. The maximum Gasteiger partial charge on any atom is 0.313 e. The molecule has 2 N–H and O–H groups in total. The van der Waals surface area contributed by atoms with Gasteiger partial charge < -0.3 is 19.7 Å². The van der Waals surface area contributed by atoms with Gasteiger partial charge in [0.2, 0.25) is 0 Å². The molecule has 0 aromatic heterocycles. The van der Waals surface area contributed by atoms with Gasteiger partial charge in [0.05, 0.1) is 44.1 Å². The fourth-order valence-corrected chi connectivity index (χ4v) is 3.87. The highest BCUT2D eigenvalue weighted by atomic mass is 16.5. The lowest BCUT2D eigenvalue weighted by molar-refractivity contribution is -0.193. The fraction of sp³-hybridized carbons (Fsp3) is 0.588. The topological polar surface area (TPSA) is 79.2 Å². The number of esters is 1. The minimum atomic E-state index is -0.930. The van der Waals surface area contributed by atoms with Crippen LogP contribution in [0.15, 0.2) is 30.3 Å². The number of likely N-dealkylation sites (N-methyl/N-ethyl adjacent to an activating group) is 1. The average Bonchev–Trinajstić information content (AvgIpc) is 2.72. The van der Waals surface area contributed by atoms with E-state index in [2.05, 4.69) is 0 Å². The zero-order chi connectivity index (χ0) is 16.6. The number of carbonyl (C=O) groups is 1. The van der Waals surface area contributed by atoms with E-state index in [0.29, 0.717) is 6.61 Å². The lowest BCUT2D eigenvalue weighted by Gasteiger charge is -2.54. The van der Waals surface area contributed by atoms with Crippen molar-refractivity contribution < 1.29 is 24.5 Å². The molecule has 126 valence electrons. The Morgan fingerprint density at radius 1 is 1.22 bits per heavy atom. The first-order valence-corrected chi connectivity index (χ1v) is 7.86. The van der Waals surface area contributed by atoms with Crippen LogP contribution in [0.5, 0.6) is 0 Å². The number of aliphatic hydroxyl groups excluding tert-OH is 2. The van der Waals surface area contributed by atoms with E-state index in [-0.39, 0.29) is 24.6 Å². The molecular weight excluding hydrogens is 298 g/mol. The van der Waals surface area contributed by atoms with E-state index in [9.17, 15) is 15.0 Å². The number of hydrogen-bond acceptors (Lipinski definition) is 6. The first kappa shape index (κ1) is 16.4. The molecule has 6 nitrogen and oxygen atoms in total. The molecule has 1 aromatic carbocycles. The summed E-state index contributed by atoms with van der Waals surface area (Å²) < 4.78 is 10.8. The largest absolute Gasteiger partial charge is 0.469 e. The van der Waals surface area contributed by atoms with E-state index in [4.69, 9.17) is 9.47 Å². The SMILES string of the molecule is COC(=O)[C@@H]1[C@H]2C(OCc3ccccc3)[C@@H]([C@@H](O)C[C@@H]1O)N2C. The van der Waals surface area contributed by atoms with Crippen LogP contribution in [0.2, 0.25) is 0 Å². The van der Waals surface area contributed by atoms with Crippen molar-refractivity contribution in [2.45, 2.75) is 43.4 Å². The van der Waals surface area contributed by atoms with Crippen molar-refractivity contribution in [2.24, 2.45) is 5.92 Å². The maximum atomic E-state index is 12.1. The first-order valence-electron chi connectivity index (χ1n) is 7.86. The highest BCUT2D eigenvalue weighted by Gasteiger charge is 2.60. The molecule has 1 aromatic rings. The number of benzene rings is 1. The molecule has 0 radical (unpaired) electrons. The molecule has 2 bridgehead atoms. The van der Waals surface area contributed by atoms with Gasteiger partial charge in [0, 0.05) is 6.42 Å². The Morgan fingerprint density at radius 2 is 1.91 bits per heavy atom. The number of nitrogens with zero attached hydrogens (tertiary/aromatic N) is 1. The van der Waals surface area contributed by atoms with Gasteiger partial charge in [0.25, 0.3) is 0 Å². The molecule has 1 heterocycles. The molecule has 2 aliphatic rings. The first-order chi connectivity index (χ1) is 11.0. The molecule has 1 aliphatic carbocycles. The normalized spacial score (nSPS) is 36.9. The smallest absolute Gasteiger partial charge is 0.313 e. The second-order valence-electron chi connectivity index (χ2n) is 6.33. The van der Waals surface area contributed by atoms with Crippen molar-refractivity contribution in [3.8, 4) is 0 Å². The Labute approximate surface area is 135 Å². The molecule has 1 saturated carbocycles. The van der Waals surface area contributed by atoms with Crippen LogP contribution in [0.1, 0.15) is 12.0 Å². The van der Waals surface area contributed by atoms with Crippen molar-refractivity contribution in [1.29, 1.82) is 0 Å². The zero-order valence-corrected chi connectivity index (χ0v) is 13.3. The number of carbonyl (C=O) groups excluding carboxylic acids is 1. The molecule has 6 atom stereocenters. The molecule has 0 spiro atoms. The summed E-state index contributed by atoms with van der Waals surface area (Å²) in [4.78, 5) is 14.0. The standard InChI is InChI=1S/C17H23NO5/c1-18-14-12(20)8-11(19)13(17(21)22-2)15(18)16(14)23-9-10-6-4-3-5-7-10/h3-7,11-16,19-20H,8-9H2,1-2H3/t11-,12-,13-,14+,15-,16?/m0/s1. The molecule has 23 heavy (non-hydrogen) atoms. The average molecular weight is 321 g/mol. The number of ether oxygens (including phenoxy) is 2. The van der Waals surface area contributed by atoms with E-state index in [1.165, 1.54) is 7.11 Å². The lowest BCUT2D eigenvalue weighted by atomic mass is 9.81. The fourth-order valence-electron chi connectivity index (χ4n) is 3.87. The number of fused-ring (bicyclic) bond motifs is 2. The van der Waals surface area contributed by atoms with Gasteiger partial charge >= 0.3 is 5.97 Å². The quantitative estimate of drug-likeness (QED) is 0.770. The summed E-state index contributed by atoms with van der Waals surface area (Å²) in [6, 6.07) is 9.25. The number of aliphatic hydroxyl groups is 2. The summed E-state index contributed by atoms with van der Waals surface area (Å²) >= 11 is 0. The number of hydrogen-bond donors (Lipinski definition) is 2. The van der Waals surface area contributed by atoms with Gasteiger partial charge in [-0.1, -0.05) is 30.3 Å². The van der Waals surface area contributed by atoms with Crippen LogP contribution < -0.4 is 0 Å². The van der Waals surface area contributed by atoms with Gasteiger partial charge in [0.15, 0.2) is 0 Å². The van der Waals surface area contributed by atoms with E-state index in [0.717, 1.165) is 5.56 Å². The highest BCUT2D eigenvalue weighted by Crippen LogP contribution is 2.42. The van der Waals surface area contributed by atoms with Crippen LogP contribution in [0.25, 0.3) is 0 Å². The summed E-state index contributed by atoms with van der Waals surface area (Å²) in [5, 5.41) is 20.6. The van der Waals surface area contributed by atoms with E-state index in [1.807, 2.05) is 42.3 Å². The van der Waals surface area contributed by atoms with Crippen molar-refractivity contribution in [2.75, 3.05) is 14.2 Å². The minimum Gasteiger partial charge on any atom is -0.469 e. The third-order valence-corrected chi connectivity index (χ3v) is 5.03. The van der Waals surface area contributed by atoms with Crippen LogP contribution in [0.3, 0.4) is 0 Å². The van der Waals surface area contributed by atoms with Gasteiger partial charge in [0.1, 0.15) is 5.92 Å². The van der Waals surface area contributed by atoms with Crippen molar-refractivity contribution >= 4 is 5.97 Å². The molecule has 1 aliphatic heterocycles. The minimum absolute atomic E-state index is 0.149. The van der Waals surface area contributed by atoms with Crippen LogP contribution >= 0.6 is 0 Å². The second-order valence-corrected chi connectivity index (χ2v) is 6.33. The molecule has 0 amide bonds. The van der Waals surface area contributed by atoms with Gasteiger partial charge in [-0.05, 0) is 12.6 Å². The molecule has 1 unspecified atom stereocenters. The Hall–Kier alpha value is -1.47. The Morgan fingerprint density at radius 3 is 2.57 bits per heavy atom. The third-order valence-electron chi connectivity index (χ3n) is 5.03. The summed E-state index contributed by atoms with van der Waals surface area (Å²) in [6.07, 6.45) is -1.82. The van der Waals surface area contributed by atoms with Crippen LogP contribution in [0.4, 0.5) is 0 Å². The molecular formula is C17H23NO5. The Balaban J connectivity index is 1.78. The van der Waals surface area contributed by atoms with Gasteiger partial charge in [-0.3, -0.25) is 9.69 Å². The maximum absolute atomic E-state index is 12.1. The lowest BCUT2D eigenvalue weighted by Crippen LogP contribution is -2.72. The van der Waals surface area contributed by atoms with Crippen LogP contribution in [-0.2, 0) is 20.9 Å². The van der Waals surface area contributed by atoms with Gasteiger partial charge in [-0.15, -0.1) is 0 Å². The summed E-state index contributed by atoms with van der Waals surface area (Å²) in [5.41, 5.74) is 1.03. The highest BCUT2D eigenvalue weighted by molar-refractivity contribution is 5.74. The predicted octanol–water partition coefficient (Wildman–Crippen LogP) is 0.169. The molecule has 2 fully saturated rings. The predicted molar refractivity (Wildman–Crippen MR) is 82.5 cm³/mol. The van der Waals surface area contributed by atoms with Crippen LogP contribution in [-0.4, -0.2) is 65.6 Å². The van der Waals surface area contributed by atoms with Crippen molar-refractivity contribution in [3.63, 3.8) is 0 Å². The number of likely N-dealkylation sites (tertiary alicyclic amines) is 1. The summed E-state index contributed by atoms with van der Waals surface area (Å²) in [6.45, 7) is 0.406. The Kier molecular flexibility index (Phi) is 4.68. The summed E-state index contributed by atoms with van der Waals surface area (Å²) in [5.74, 6) is -1.17. The number of methoxy groups -OCH3 is 1. The molecule has 1 saturated heterocycles. The van der Waals surface area contributed by atoms with E-state index < -0.39 is 24.1 Å². The Bertz CT molecular complexity index is 551. The number of rotatable bonds is 4. The van der Waals surface area contributed by atoms with E-state index in [1.54, 1.807) is 0 Å². The van der Waals surface area contributed by atoms with Gasteiger partial charge in [-0.25, -0.2) is 0 Å². The third kappa shape index (κ3) is 2.87. The molecule has 3 rings (SSSR count). The zero-order valence-electron chi connectivity index (χ0n) is 13.3. The summed E-state index contributed by atoms with van der Waals surface area (Å²) in [7, 11) is 3.15.